The second kappa shape index (κ2) is 10.1. The largest absolute Gasteiger partial charge is 0.106 e. The highest BCUT2D eigenvalue weighted by Gasteiger charge is 1.75. The summed E-state index contributed by atoms with van der Waals surface area (Å²) < 4.78 is 0. The molecule has 0 aromatic heterocycles. The van der Waals surface area contributed by atoms with Crippen molar-refractivity contribution in [2.45, 2.75) is 46.0 Å². The lowest BCUT2D eigenvalue weighted by Gasteiger charge is -1.82. The molecule has 0 aromatic rings. The van der Waals surface area contributed by atoms with Crippen molar-refractivity contribution < 1.29 is 0 Å². The quantitative estimate of drug-likeness (QED) is 0.440. The number of unbranched alkanes of at least 4 members (excludes halogenated alkanes) is 3. The Morgan fingerprint density at radius 1 is 0.917 bits per heavy atom. The van der Waals surface area contributed by atoms with Crippen LogP contribution in [0.4, 0.5) is 0 Å². The Balaban J connectivity index is 3.27. The lowest BCUT2D eigenvalue weighted by atomic mass is 10.2. The summed E-state index contributed by atoms with van der Waals surface area (Å²) in [5.41, 5.74) is 0. The van der Waals surface area contributed by atoms with Crippen molar-refractivity contribution in [1.29, 1.82) is 0 Å². The second-order valence-corrected chi connectivity index (χ2v) is 2.64. The predicted octanol–water partition coefficient (Wildman–Crippen LogP) is 3.19. The maximum Gasteiger partial charge on any atom is 0.106 e. The van der Waals surface area contributed by atoms with E-state index in [1.54, 1.807) is 6.42 Å². The fraction of sp³-hybridized carbons (Fsp3) is 0.583. The number of hydrogen-bond acceptors (Lipinski definition) is 0. The first-order valence-electron chi connectivity index (χ1n) is 4.70. The Labute approximate surface area is 76.8 Å². The Morgan fingerprint density at radius 3 is 2.17 bits per heavy atom. The third-order valence-electron chi connectivity index (χ3n) is 1.38. The molecule has 0 bridgehead atoms. The van der Waals surface area contributed by atoms with Crippen LogP contribution in [-0.4, -0.2) is 0 Å². The molecule has 0 atom stereocenters. The van der Waals surface area contributed by atoms with Crippen molar-refractivity contribution >= 4 is 0 Å². The molecule has 0 nitrogen and oxygen atoms in total. The third kappa shape index (κ3) is 9.12. The van der Waals surface area contributed by atoms with E-state index in [2.05, 4.69) is 37.5 Å². The van der Waals surface area contributed by atoms with E-state index in [4.69, 9.17) is 0 Å². The van der Waals surface area contributed by atoms with Crippen molar-refractivity contribution in [3.05, 3.63) is 6.42 Å². The first-order chi connectivity index (χ1) is 5.91. The fourth-order valence-electron chi connectivity index (χ4n) is 0.673. The average Bonchev–Trinajstić information content (AvgIpc) is 2.10. The van der Waals surface area contributed by atoms with E-state index in [9.17, 15) is 0 Å². The van der Waals surface area contributed by atoms with Crippen molar-refractivity contribution in [3.63, 3.8) is 0 Å². The average molecular weight is 161 g/mol. The summed E-state index contributed by atoms with van der Waals surface area (Å²) in [6.45, 7) is 4.30. The molecule has 0 N–H and O–H groups in total. The molecular formula is C12H17. The van der Waals surface area contributed by atoms with Gasteiger partial charge in [0.25, 0.3) is 0 Å². The highest BCUT2D eigenvalue weighted by Crippen LogP contribution is 1.90. The molecule has 12 heavy (non-hydrogen) atoms. The van der Waals surface area contributed by atoms with Crippen LogP contribution in [0.1, 0.15) is 46.0 Å². The fourth-order valence-corrected chi connectivity index (χ4v) is 0.673. The Bertz CT molecular complexity index is 192. The van der Waals surface area contributed by atoms with E-state index >= 15 is 0 Å². The molecule has 0 heterocycles. The lowest BCUT2D eigenvalue weighted by molar-refractivity contribution is 0.828. The van der Waals surface area contributed by atoms with E-state index in [0.717, 1.165) is 19.3 Å². The smallest absolute Gasteiger partial charge is 0.102 e. The van der Waals surface area contributed by atoms with Gasteiger partial charge in [0.05, 0.1) is 0 Å². The summed E-state index contributed by atoms with van der Waals surface area (Å²) in [5.74, 6) is 11.9. The zero-order valence-electron chi connectivity index (χ0n) is 8.11. The van der Waals surface area contributed by atoms with Crippen LogP contribution in [0.2, 0.25) is 0 Å². The lowest BCUT2D eigenvalue weighted by Crippen LogP contribution is -1.68. The first-order valence-corrected chi connectivity index (χ1v) is 4.70. The monoisotopic (exact) mass is 161 g/mol. The van der Waals surface area contributed by atoms with Crippen LogP contribution in [0.3, 0.4) is 0 Å². The standard InChI is InChI=1S/C12H17/c1-3-5-7-9-11-12-10-8-6-4-2/h12H,3-7H2,1-2H3. The summed E-state index contributed by atoms with van der Waals surface area (Å²) in [7, 11) is 0. The van der Waals surface area contributed by atoms with Gasteiger partial charge in [0.1, 0.15) is 6.42 Å². The molecule has 0 fully saturated rings. The van der Waals surface area contributed by atoms with E-state index in [-0.39, 0.29) is 0 Å². The molecule has 0 saturated heterocycles. The van der Waals surface area contributed by atoms with Crippen LogP contribution in [-0.2, 0) is 0 Å². The van der Waals surface area contributed by atoms with Crippen molar-refractivity contribution in [1.82, 2.24) is 0 Å². The molecule has 65 valence electrons. The normalized spacial score (nSPS) is 7.83. The van der Waals surface area contributed by atoms with Crippen LogP contribution < -0.4 is 0 Å². The van der Waals surface area contributed by atoms with Gasteiger partial charge in [-0.15, -0.1) is 11.8 Å². The third-order valence-corrected chi connectivity index (χ3v) is 1.38. The number of hydrogen-bond donors (Lipinski definition) is 0. The van der Waals surface area contributed by atoms with E-state index < -0.39 is 0 Å². The first kappa shape index (κ1) is 11.1. The van der Waals surface area contributed by atoms with Gasteiger partial charge in [-0.2, -0.15) is 0 Å². The molecule has 0 aliphatic carbocycles. The maximum absolute atomic E-state index is 3.06. The van der Waals surface area contributed by atoms with Gasteiger partial charge in [-0.05, 0) is 12.8 Å². The highest BCUT2D eigenvalue weighted by atomic mass is 13.8. The zero-order chi connectivity index (χ0) is 9.07. The molecule has 0 heteroatoms. The minimum absolute atomic E-state index is 0.979. The topological polar surface area (TPSA) is 0 Å². The molecule has 0 aliphatic heterocycles. The predicted molar refractivity (Wildman–Crippen MR) is 54.3 cm³/mol. The van der Waals surface area contributed by atoms with Gasteiger partial charge in [0, 0.05) is 12.8 Å². The van der Waals surface area contributed by atoms with Gasteiger partial charge in [0.15, 0.2) is 0 Å². The van der Waals surface area contributed by atoms with Gasteiger partial charge in [0.2, 0.25) is 0 Å². The summed E-state index contributed by atoms with van der Waals surface area (Å²) >= 11 is 0. The van der Waals surface area contributed by atoms with Gasteiger partial charge in [-0.3, -0.25) is 0 Å². The Morgan fingerprint density at radius 2 is 1.58 bits per heavy atom. The number of rotatable bonds is 3. The van der Waals surface area contributed by atoms with Crippen LogP contribution in [0, 0.1) is 30.1 Å². The molecule has 0 saturated carbocycles. The minimum Gasteiger partial charge on any atom is -0.102 e. The molecule has 0 amide bonds. The maximum atomic E-state index is 3.06. The van der Waals surface area contributed by atoms with Crippen molar-refractivity contribution in [3.8, 4) is 23.7 Å². The van der Waals surface area contributed by atoms with Gasteiger partial charge >= 0.3 is 0 Å². The Hall–Kier alpha value is -0.880. The summed E-state index contributed by atoms with van der Waals surface area (Å²) in [4.78, 5) is 0. The van der Waals surface area contributed by atoms with Crippen LogP contribution in [0.15, 0.2) is 0 Å². The summed E-state index contributed by atoms with van der Waals surface area (Å²) in [5, 5.41) is 0. The van der Waals surface area contributed by atoms with Gasteiger partial charge < -0.3 is 0 Å². The molecule has 0 aliphatic rings. The molecule has 0 spiro atoms. The van der Waals surface area contributed by atoms with Crippen molar-refractivity contribution in [2.75, 3.05) is 0 Å². The van der Waals surface area contributed by atoms with Crippen LogP contribution >= 0.6 is 0 Å². The molecule has 1 radical (unpaired) electrons. The minimum atomic E-state index is 0.979. The van der Waals surface area contributed by atoms with Gasteiger partial charge in [-0.1, -0.05) is 32.1 Å². The SMILES string of the molecule is CCCC#C[CH]C#CCCCC. The summed E-state index contributed by atoms with van der Waals surface area (Å²) in [6.07, 6.45) is 7.28. The van der Waals surface area contributed by atoms with Gasteiger partial charge in [-0.25, -0.2) is 0 Å². The van der Waals surface area contributed by atoms with E-state index in [1.807, 2.05) is 0 Å². The second-order valence-electron chi connectivity index (χ2n) is 2.64. The zero-order valence-corrected chi connectivity index (χ0v) is 8.11. The van der Waals surface area contributed by atoms with Crippen LogP contribution in [0.5, 0.6) is 0 Å². The Kier molecular flexibility index (Phi) is 9.38. The molecule has 0 aromatic carbocycles. The van der Waals surface area contributed by atoms with Crippen molar-refractivity contribution in [2.24, 2.45) is 0 Å². The summed E-state index contributed by atoms with van der Waals surface area (Å²) in [6, 6.07) is 0. The molecular weight excluding hydrogens is 144 g/mol. The van der Waals surface area contributed by atoms with E-state index in [1.165, 1.54) is 12.8 Å². The van der Waals surface area contributed by atoms with Crippen LogP contribution in [0.25, 0.3) is 0 Å². The highest BCUT2D eigenvalue weighted by molar-refractivity contribution is 5.25. The molecule has 0 unspecified atom stereocenters. The van der Waals surface area contributed by atoms with E-state index in [0.29, 0.717) is 0 Å². The molecule has 0 rings (SSSR count).